The van der Waals surface area contributed by atoms with Crippen molar-refractivity contribution >= 4 is 5.91 Å². The van der Waals surface area contributed by atoms with Crippen molar-refractivity contribution in [2.45, 2.75) is 32.2 Å². The van der Waals surface area contributed by atoms with Crippen LogP contribution in [0.25, 0.3) is 0 Å². The summed E-state index contributed by atoms with van der Waals surface area (Å²) in [5.41, 5.74) is 6.46. The minimum atomic E-state index is 0.0640. The van der Waals surface area contributed by atoms with Crippen LogP contribution in [0.3, 0.4) is 0 Å². The molecule has 0 spiro atoms. The van der Waals surface area contributed by atoms with E-state index in [4.69, 9.17) is 5.73 Å². The van der Waals surface area contributed by atoms with E-state index in [9.17, 15) is 4.79 Å². The topological polar surface area (TPSA) is 68.0 Å². The average molecular weight is 221 g/mol. The maximum atomic E-state index is 11.6. The first-order valence-electron chi connectivity index (χ1n) is 5.67. The molecule has 1 rings (SSSR count). The molecule has 0 saturated carbocycles. The number of aromatic nitrogens is 1. The highest BCUT2D eigenvalue weighted by atomic mass is 16.1. The summed E-state index contributed by atoms with van der Waals surface area (Å²) < 4.78 is 0. The number of nitrogens with zero attached hydrogens (tertiary/aromatic N) is 1. The number of rotatable bonds is 6. The Morgan fingerprint density at radius 1 is 1.50 bits per heavy atom. The minimum Gasteiger partial charge on any atom is -0.349 e. The molecule has 0 aromatic carbocycles. The average Bonchev–Trinajstić information content (AvgIpc) is 2.34. The van der Waals surface area contributed by atoms with Crippen LogP contribution in [0.15, 0.2) is 24.5 Å². The van der Waals surface area contributed by atoms with E-state index in [-0.39, 0.29) is 11.9 Å². The summed E-state index contributed by atoms with van der Waals surface area (Å²) in [7, 11) is 0. The normalized spacial score (nSPS) is 12.1. The van der Waals surface area contributed by atoms with Crippen LogP contribution in [0.1, 0.15) is 37.8 Å². The van der Waals surface area contributed by atoms with Gasteiger partial charge in [-0.15, -0.1) is 0 Å². The van der Waals surface area contributed by atoms with Gasteiger partial charge in [0.15, 0.2) is 0 Å². The third-order valence-electron chi connectivity index (χ3n) is 2.46. The highest BCUT2D eigenvalue weighted by Gasteiger charge is 2.11. The Kier molecular flexibility index (Phi) is 5.50. The van der Waals surface area contributed by atoms with Gasteiger partial charge in [0.1, 0.15) is 0 Å². The lowest BCUT2D eigenvalue weighted by atomic mass is 10.1. The third kappa shape index (κ3) is 3.98. The molecule has 1 atom stereocenters. The van der Waals surface area contributed by atoms with Crippen LogP contribution in [-0.2, 0) is 4.79 Å². The second-order valence-corrected chi connectivity index (χ2v) is 3.70. The largest absolute Gasteiger partial charge is 0.349 e. The summed E-state index contributed by atoms with van der Waals surface area (Å²) in [5.74, 6) is 0.0640. The molecule has 4 heteroatoms. The fourth-order valence-corrected chi connectivity index (χ4v) is 1.55. The maximum absolute atomic E-state index is 11.6. The zero-order chi connectivity index (χ0) is 11.8. The van der Waals surface area contributed by atoms with Crippen molar-refractivity contribution in [2.75, 3.05) is 6.54 Å². The quantitative estimate of drug-likeness (QED) is 0.762. The first-order valence-corrected chi connectivity index (χ1v) is 5.67. The number of nitrogens with one attached hydrogen (secondary N) is 1. The monoisotopic (exact) mass is 221 g/mol. The summed E-state index contributed by atoms with van der Waals surface area (Å²) in [6.45, 7) is 2.60. The maximum Gasteiger partial charge on any atom is 0.220 e. The van der Waals surface area contributed by atoms with Crippen LogP contribution >= 0.6 is 0 Å². The Morgan fingerprint density at radius 2 is 2.19 bits per heavy atom. The Bertz CT molecular complexity index is 313. The molecular formula is C12H19N3O. The molecular weight excluding hydrogens is 202 g/mol. The van der Waals surface area contributed by atoms with E-state index in [1.54, 1.807) is 12.4 Å². The van der Waals surface area contributed by atoms with Crippen LogP contribution in [0.5, 0.6) is 0 Å². The number of carbonyl (C=O) groups is 1. The Labute approximate surface area is 96.3 Å². The van der Waals surface area contributed by atoms with E-state index in [1.165, 1.54) is 0 Å². The first kappa shape index (κ1) is 12.6. The van der Waals surface area contributed by atoms with Crippen LogP contribution in [0.4, 0.5) is 0 Å². The van der Waals surface area contributed by atoms with Crippen LogP contribution in [0, 0.1) is 0 Å². The highest BCUT2D eigenvalue weighted by molar-refractivity contribution is 5.76. The molecule has 4 nitrogen and oxygen atoms in total. The molecule has 0 bridgehead atoms. The second-order valence-electron chi connectivity index (χ2n) is 3.70. The van der Waals surface area contributed by atoms with Crippen molar-refractivity contribution in [3.63, 3.8) is 0 Å². The van der Waals surface area contributed by atoms with Crippen LogP contribution in [0.2, 0.25) is 0 Å². The van der Waals surface area contributed by atoms with Crippen molar-refractivity contribution in [1.29, 1.82) is 0 Å². The smallest absolute Gasteiger partial charge is 0.220 e. The van der Waals surface area contributed by atoms with E-state index < -0.39 is 0 Å². The molecule has 0 saturated heterocycles. The van der Waals surface area contributed by atoms with Crippen molar-refractivity contribution < 1.29 is 4.79 Å². The molecule has 0 fully saturated rings. The first-order chi connectivity index (χ1) is 7.77. The van der Waals surface area contributed by atoms with Gasteiger partial charge in [-0.3, -0.25) is 9.78 Å². The number of hydrogen-bond acceptors (Lipinski definition) is 3. The molecule has 0 aliphatic carbocycles. The number of nitrogens with two attached hydrogens (primary N) is 1. The molecule has 1 heterocycles. The Hall–Kier alpha value is -1.42. The van der Waals surface area contributed by atoms with Crippen LogP contribution < -0.4 is 11.1 Å². The number of amides is 1. The zero-order valence-electron chi connectivity index (χ0n) is 9.65. The lowest BCUT2D eigenvalue weighted by Crippen LogP contribution is -2.28. The fraction of sp³-hybridized carbons (Fsp3) is 0.500. The molecule has 3 N–H and O–H groups in total. The second kappa shape index (κ2) is 6.95. The van der Waals surface area contributed by atoms with Gasteiger partial charge in [-0.2, -0.15) is 0 Å². The van der Waals surface area contributed by atoms with Crippen molar-refractivity contribution in [3.8, 4) is 0 Å². The lowest BCUT2D eigenvalue weighted by molar-refractivity contribution is -0.121. The zero-order valence-corrected chi connectivity index (χ0v) is 9.65. The number of carbonyl (C=O) groups excluding carboxylic acids is 1. The van der Waals surface area contributed by atoms with Crippen molar-refractivity contribution in [1.82, 2.24) is 10.3 Å². The summed E-state index contributed by atoms with van der Waals surface area (Å²) >= 11 is 0. The van der Waals surface area contributed by atoms with E-state index in [2.05, 4.69) is 10.3 Å². The highest BCUT2D eigenvalue weighted by Crippen LogP contribution is 2.15. The Morgan fingerprint density at radius 3 is 2.75 bits per heavy atom. The molecule has 1 aromatic rings. The molecule has 0 aliphatic heterocycles. The molecule has 1 unspecified atom stereocenters. The minimum absolute atomic E-state index is 0.0640. The third-order valence-corrected chi connectivity index (χ3v) is 2.46. The van der Waals surface area contributed by atoms with Gasteiger partial charge in [-0.1, -0.05) is 6.92 Å². The molecule has 0 aliphatic rings. The summed E-state index contributed by atoms with van der Waals surface area (Å²) in [5, 5.41) is 3.00. The number of pyridine rings is 1. The van der Waals surface area contributed by atoms with Gasteiger partial charge in [0.05, 0.1) is 6.04 Å². The Balaban J connectivity index is 2.52. The van der Waals surface area contributed by atoms with Gasteiger partial charge in [-0.05, 0) is 37.1 Å². The molecule has 0 radical (unpaired) electrons. The van der Waals surface area contributed by atoms with Gasteiger partial charge in [0.2, 0.25) is 5.91 Å². The SMILES string of the molecule is CCC(NC(=O)CCCN)c1ccncc1. The van der Waals surface area contributed by atoms with Crippen LogP contribution in [-0.4, -0.2) is 17.4 Å². The van der Waals surface area contributed by atoms with Gasteiger partial charge in [0, 0.05) is 18.8 Å². The van der Waals surface area contributed by atoms with Gasteiger partial charge < -0.3 is 11.1 Å². The lowest BCUT2D eigenvalue weighted by Gasteiger charge is -2.17. The molecule has 1 aromatic heterocycles. The van der Waals surface area contributed by atoms with Gasteiger partial charge in [0.25, 0.3) is 0 Å². The molecule has 1 amide bonds. The predicted octanol–water partition coefficient (Wildman–Crippen LogP) is 1.39. The van der Waals surface area contributed by atoms with E-state index in [1.807, 2.05) is 19.1 Å². The van der Waals surface area contributed by atoms with E-state index in [0.29, 0.717) is 13.0 Å². The molecule has 88 valence electrons. The fourth-order valence-electron chi connectivity index (χ4n) is 1.55. The van der Waals surface area contributed by atoms with E-state index in [0.717, 1.165) is 18.4 Å². The summed E-state index contributed by atoms with van der Waals surface area (Å²) in [6.07, 6.45) is 5.59. The number of hydrogen-bond donors (Lipinski definition) is 2. The van der Waals surface area contributed by atoms with Crippen molar-refractivity contribution in [2.24, 2.45) is 5.73 Å². The predicted molar refractivity (Wildman–Crippen MR) is 63.7 cm³/mol. The standard InChI is InChI=1S/C12H19N3O/c1-2-11(10-5-8-14-9-6-10)15-12(16)4-3-7-13/h5-6,8-9,11H,2-4,7,13H2,1H3,(H,15,16). The summed E-state index contributed by atoms with van der Waals surface area (Å²) in [4.78, 5) is 15.5. The molecule has 16 heavy (non-hydrogen) atoms. The van der Waals surface area contributed by atoms with Crippen molar-refractivity contribution in [3.05, 3.63) is 30.1 Å². The summed E-state index contributed by atoms with van der Waals surface area (Å²) in [6, 6.07) is 3.93. The van der Waals surface area contributed by atoms with Gasteiger partial charge in [-0.25, -0.2) is 0 Å². The van der Waals surface area contributed by atoms with E-state index >= 15 is 0 Å². The van der Waals surface area contributed by atoms with Gasteiger partial charge >= 0.3 is 0 Å².